The van der Waals surface area contributed by atoms with Gasteiger partial charge in [0.25, 0.3) is 0 Å². The van der Waals surface area contributed by atoms with Crippen molar-refractivity contribution in [2.75, 3.05) is 6.61 Å². The Morgan fingerprint density at radius 1 is 1.71 bits per heavy atom. The van der Waals surface area contributed by atoms with Crippen molar-refractivity contribution in [3.05, 3.63) is 12.2 Å². The van der Waals surface area contributed by atoms with Crippen LogP contribution in [0.2, 0.25) is 0 Å². The van der Waals surface area contributed by atoms with Crippen molar-refractivity contribution in [3.8, 4) is 0 Å². The number of hydrazine groups is 1. The Morgan fingerprint density at radius 3 is 2.86 bits per heavy atom. The fourth-order valence-electron chi connectivity index (χ4n) is 1.96. The van der Waals surface area contributed by atoms with E-state index in [1.165, 1.54) is 5.57 Å². The third kappa shape index (κ3) is 2.80. The van der Waals surface area contributed by atoms with Crippen LogP contribution in [0.25, 0.3) is 0 Å². The molecule has 82 valence electrons. The molecule has 1 aliphatic rings. The van der Waals surface area contributed by atoms with E-state index in [0.717, 1.165) is 25.9 Å². The van der Waals surface area contributed by atoms with Crippen LogP contribution in [0.3, 0.4) is 0 Å². The average molecular weight is 198 g/mol. The lowest BCUT2D eigenvalue weighted by molar-refractivity contribution is 0.0609. The smallest absolute Gasteiger partial charge is 0.0770 e. The van der Waals surface area contributed by atoms with Gasteiger partial charge in [0.15, 0.2) is 0 Å². The van der Waals surface area contributed by atoms with Gasteiger partial charge in [-0.2, -0.15) is 0 Å². The molecular formula is C11H22N2O. The van der Waals surface area contributed by atoms with Gasteiger partial charge in [-0.1, -0.05) is 26.0 Å². The molecule has 3 N–H and O–H groups in total. The van der Waals surface area contributed by atoms with Crippen LogP contribution >= 0.6 is 0 Å². The minimum Gasteiger partial charge on any atom is -0.376 e. The minimum absolute atomic E-state index is 0.222. The van der Waals surface area contributed by atoms with E-state index in [1.54, 1.807) is 0 Å². The fraction of sp³-hybridized carbons (Fsp3) is 0.818. The monoisotopic (exact) mass is 198 g/mol. The van der Waals surface area contributed by atoms with Crippen LogP contribution in [0.5, 0.6) is 0 Å². The average Bonchev–Trinajstić information content (AvgIpc) is 2.60. The van der Waals surface area contributed by atoms with Gasteiger partial charge < -0.3 is 4.74 Å². The number of hydrogen-bond acceptors (Lipinski definition) is 3. The number of nitrogens with one attached hydrogen (secondary N) is 1. The van der Waals surface area contributed by atoms with E-state index in [4.69, 9.17) is 10.6 Å². The van der Waals surface area contributed by atoms with Crippen LogP contribution in [0.15, 0.2) is 12.2 Å². The Morgan fingerprint density at radius 2 is 2.43 bits per heavy atom. The summed E-state index contributed by atoms with van der Waals surface area (Å²) in [6.07, 6.45) is 3.33. The first-order valence-electron chi connectivity index (χ1n) is 5.43. The Hall–Kier alpha value is -0.380. The largest absolute Gasteiger partial charge is 0.376 e. The van der Waals surface area contributed by atoms with Crippen molar-refractivity contribution in [1.82, 2.24) is 5.43 Å². The molecule has 3 nitrogen and oxygen atoms in total. The van der Waals surface area contributed by atoms with Crippen molar-refractivity contribution in [3.63, 3.8) is 0 Å². The van der Waals surface area contributed by atoms with Crippen LogP contribution in [0, 0.1) is 5.92 Å². The van der Waals surface area contributed by atoms with Crippen LogP contribution in [0.1, 0.15) is 33.1 Å². The molecule has 0 aromatic rings. The number of nitrogens with two attached hydrogens (primary N) is 1. The minimum atomic E-state index is 0.222. The molecule has 1 saturated heterocycles. The van der Waals surface area contributed by atoms with Crippen molar-refractivity contribution >= 4 is 0 Å². The van der Waals surface area contributed by atoms with E-state index in [-0.39, 0.29) is 12.1 Å². The summed E-state index contributed by atoms with van der Waals surface area (Å²) < 4.78 is 5.68. The summed E-state index contributed by atoms with van der Waals surface area (Å²) in [7, 11) is 0. The molecule has 0 aliphatic carbocycles. The molecule has 0 spiro atoms. The summed E-state index contributed by atoms with van der Waals surface area (Å²) in [5.74, 6) is 6.14. The van der Waals surface area contributed by atoms with Gasteiger partial charge in [-0.25, -0.2) is 0 Å². The Balaban J connectivity index is 2.48. The van der Waals surface area contributed by atoms with Gasteiger partial charge in [-0.15, -0.1) is 0 Å². The first-order chi connectivity index (χ1) is 6.69. The second kappa shape index (κ2) is 5.49. The molecule has 0 aromatic heterocycles. The van der Waals surface area contributed by atoms with Crippen molar-refractivity contribution in [1.29, 1.82) is 0 Å². The van der Waals surface area contributed by atoms with E-state index in [9.17, 15) is 0 Å². The highest BCUT2D eigenvalue weighted by atomic mass is 16.5. The first-order valence-corrected chi connectivity index (χ1v) is 5.43. The summed E-state index contributed by atoms with van der Waals surface area (Å²) in [4.78, 5) is 0. The molecular weight excluding hydrogens is 176 g/mol. The molecule has 1 heterocycles. The Kier molecular flexibility index (Phi) is 4.58. The standard InChI is InChI=1S/C11H22N2O/c1-4-8(2)7-10(13-12)11-9(3)5-6-14-11/h9-11,13H,2,4-7,12H2,1,3H3. The lowest BCUT2D eigenvalue weighted by atomic mass is 9.93. The van der Waals surface area contributed by atoms with Crippen molar-refractivity contribution in [2.24, 2.45) is 11.8 Å². The normalized spacial score (nSPS) is 29.1. The highest BCUT2D eigenvalue weighted by Crippen LogP contribution is 2.25. The lowest BCUT2D eigenvalue weighted by Crippen LogP contribution is -2.46. The third-order valence-electron chi connectivity index (χ3n) is 3.06. The molecule has 0 amide bonds. The molecule has 14 heavy (non-hydrogen) atoms. The molecule has 0 radical (unpaired) electrons. The maximum atomic E-state index is 5.68. The molecule has 1 fully saturated rings. The Bertz CT molecular complexity index is 194. The third-order valence-corrected chi connectivity index (χ3v) is 3.06. The van der Waals surface area contributed by atoms with Crippen molar-refractivity contribution < 1.29 is 4.74 Å². The molecule has 1 aliphatic heterocycles. The second-order valence-corrected chi connectivity index (χ2v) is 4.18. The second-order valence-electron chi connectivity index (χ2n) is 4.18. The van der Waals surface area contributed by atoms with Crippen LogP contribution < -0.4 is 11.3 Å². The molecule has 0 saturated carbocycles. The van der Waals surface area contributed by atoms with Gasteiger partial charge in [0.2, 0.25) is 0 Å². The maximum Gasteiger partial charge on any atom is 0.0770 e. The quantitative estimate of drug-likeness (QED) is 0.401. The highest BCUT2D eigenvalue weighted by Gasteiger charge is 2.31. The lowest BCUT2D eigenvalue weighted by Gasteiger charge is -2.25. The SMILES string of the molecule is C=C(CC)CC(NN)C1OCCC1C. The summed E-state index contributed by atoms with van der Waals surface area (Å²) in [6, 6.07) is 0.222. The van der Waals surface area contributed by atoms with E-state index in [0.29, 0.717) is 5.92 Å². The van der Waals surface area contributed by atoms with Gasteiger partial charge in [0.1, 0.15) is 0 Å². The van der Waals surface area contributed by atoms with Crippen LogP contribution in [0.4, 0.5) is 0 Å². The Labute approximate surface area is 86.7 Å². The van der Waals surface area contributed by atoms with Gasteiger partial charge in [0, 0.05) is 6.61 Å². The zero-order valence-corrected chi connectivity index (χ0v) is 9.25. The van der Waals surface area contributed by atoms with Gasteiger partial charge in [-0.3, -0.25) is 11.3 Å². The van der Waals surface area contributed by atoms with E-state index in [1.807, 2.05) is 0 Å². The van der Waals surface area contributed by atoms with E-state index >= 15 is 0 Å². The topological polar surface area (TPSA) is 47.3 Å². The summed E-state index contributed by atoms with van der Waals surface area (Å²) in [5.41, 5.74) is 4.09. The zero-order valence-electron chi connectivity index (χ0n) is 9.25. The first kappa shape index (κ1) is 11.7. The zero-order chi connectivity index (χ0) is 10.6. The van der Waals surface area contributed by atoms with Gasteiger partial charge in [0.05, 0.1) is 12.1 Å². The molecule has 1 rings (SSSR count). The maximum absolute atomic E-state index is 5.68. The van der Waals surface area contributed by atoms with Gasteiger partial charge >= 0.3 is 0 Å². The van der Waals surface area contributed by atoms with Crippen molar-refractivity contribution in [2.45, 2.75) is 45.3 Å². The molecule has 3 heteroatoms. The predicted molar refractivity (Wildman–Crippen MR) is 58.7 cm³/mol. The molecule has 0 bridgehead atoms. The number of rotatable bonds is 5. The molecule has 0 aromatic carbocycles. The van der Waals surface area contributed by atoms with E-state index < -0.39 is 0 Å². The predicted octanol–water partition coefficient (Wildman–Crippen LogP) is 1.60. The van der Waals surface area contributed by atoms with Gasteiger partial charge in [-0.05, 0) is 25.2 Å². The highest BCUT2D eigenvalue weighted by molar-refractivity contribution is 4.99. The van der Waals surface area contributed by atoms with E-state index in [2.05, 4.69) is 25.9 Å². The summed E-state index contributed by atoms with van der Waals surface area (Å²) >= 11 is 0. The molecule has 3 unspecified atom stereocenters. The molecule has 3 atom stereocenters. The summed E-state index contributed by atoms with van der Waals surface area (Å²) in [6.45, 7) is 9.21. The summed E-state index contributed by atoms with van der Waals surface area (Å²) in [5, 5.41) is 0. The van der Waals surface area contributed by atoms with Crippen LogP contribution in [-0.2, 0) is 4.74 Å². The number of hydrogen-bond donors (Lipinski definition) is 2. The van der Waals surface area contributed by atoms with Crippen LogP contribution in [-0.4, -0.2) is 18.8 Å². The number of ether oxygens (including phenoxy) is 1. The fourth-order valence-corrected chi connectivity index (χ4v) is 1.96.